The lowest BCUT2D eigenvalue weighted by molar-refractivity contribution is -0.131. The summed E-state index contributed by atoms with van der Waals surface area (Å²) < 4.78 is 5.44. The third-order valence-electron chi connectivity index (χ3n) is 6.55. The first kappa shape index (κ1) is 26.8. The maximum Gasteiger partial charge on any atom is 0.273 e. The van der Waals surface area contributed by atoms with E-state index in [2.05, 4.69) is 31.6 Å². The first-order chi connectivity index (χ1) is 18.3. The third kappa shape index (κ3) is 6.96. The van der Waals surface area contributed by atoms with E-state index < -0.39 is 41.9 Å². The third-order valence-corrected chi connectivity index (χ3v) is 6.55. The molecule has 1 aromatic carbocycles. The predicted molar refractivity (Wildman–Crippen MR) is 134 cm³/mol. The van der Waals surface area contributed by atoms with E-state index in [1.54, 1.807) is 6.92 Å². The first-order valence-corrected chi connectivity index (χ1v) is 12.8. The van der Waals surface area contributed by atoms with Gasteiger partial charge in [-0.1, -0.05) is 30.3 Å². The van der Waals surface area contributed by atoms with Crippen LogP contribution >= 0.6 is 0 Å². The Morgan fingerprint density at radius 2 is 1.82 bits per heavy atom. The molecule has 1 saturated heterocycles. The van der Waals surface area contributed by atoms with Gasteiger partial charge in [-0.3, -0.25) is 24.0 Å². The molecule has 12 heteroatoms. The van der Waals surface area contributed by atoms with E-state index in [1.807, 2.05) is 30.3 Å². The number of amides is 5. The molecule has 4 atom stereocenters. The van der Waals surface area contributed by atoms with Crippen LogP contribution in [0.5, 0.6) is 0 Å². The van der Waals surface area contributed by atoms with Gasteiger partial charge in [0.2, 0.25) is 29.5 Å². The van der Waals surface area contributed by atoms with Crippen molar-refractivity contribution in [3.8, 4) is 0 Å². The molecule has 3 heterocycles. The lowest BCUT2D eigenvalue weighted by Crippen LogP contribution is -2.52. The van der Waals surface area contributed by atoms with E-state index in [9.17, 15) is 24.0 Å². The summed E-state index contributed by atoms with van der Waals surface area (Å²) in [4.78, 5) is 67.3. The van der Waals surface area contributed by atoms with Gasteiger partial charge in [0.15, 0.2) is 5.69 Å². The highest BCUT2D eigenvalue weighted by atomic mass is 16.3. The van der Waals surface area contributed by atoms with Crippen molar-refractivity contribution in [1.29, 1.82) is 0 Å². The standard InChI is InChI=1S/C26H32N6O6/c1-15-26-32-20(14-38-26)25(37)31-19(13-16-7-3-2-4-8-16)22(34)27-12-6-5-9-17(23(35)28-15)30-24(36)18-10-11-21(33)29-18/h2-4,7-8,14-15,17-19H,5-6,9-13H2,1H3,(H,27,34)(H,28,35)(H,29,33)(H,30,36)(H,31,37)/t15-,17-,18-,19-/m0/s1. The average Bonchev–Trinajstić information content (AvgIpc) is 3.57. The highest BCUT2D eigenvalue weighted by Gasteiger charge is 2.31. The lowest BCUT2D eigenvalue weighted by Gasteiger charge is -2.22. The van der Waals surface area contributed by atoms with Gasteiger partial charge in [-0.15, -0.1) is 0 Å². The zero-order valence-electron chi connectivity index (χ0n) is 21.1. The molecule has 0 unspecified atom stereocenters. The Hall–Kier alpha value is -4.22. The molecule has 0 radical (unpaired) electrons. The van der Waals surface area contributed by atoms with Crippen LogP contribution in [-0.2, 0) is 25.6 Å². The van der Waals surface area contributed by atoms with Crippen molar-refractivity contribution in [3.63, 3.8) is 0 Å². The number of nitrogens with one attached hydrogen (secondary N) is 5. The molecular formula is C26H32N6O6. The van der Waals surface area contributed by atoms with Crippen molar-refractivity contribution in [2.75, 3.05) is 6.54 Å². The molecule has 202 valence electrons. The van der Waals surface area contributed by atoms with E-state index in [0.29, 0.717) is 38.6 Å². The van der Waals surface area contributed by atoms with Gasteiger partial charge in [-0.05, 0) is 38.2 Å². The maximum atomic E-state index is 13.1. The molecule has 0 aliphatic carbocycles. The lowest BCUT2D eigenvalue weighted by atomic mass is 10.0. The number of hydrogen-bond acceptors (Lipinski definition) is 7. The summed E-state index contributed by atoms with van der Waals surface area (Å²) in [5.41, 5.74) is 0.859. The second-order valence-corrected chi connectivity index (χ2v) is 9.52. The SMILES string of the molecule is C[C@@H]1NC(=O)[C@@H](NC(=O)[C@@H]2CCC(=O)N2)CCCCNC(=O)[C@H](Cc2ccccc2)NC(=O)c2coc1n2. The minimum atomic E-state index is -0.866. The Kier molecular flexibility index (Phi) is 8.72. The summed E-state index contributed by atoms with van der Waals surface area (Å²) >= 11 is 0. The molecule has 2 aromatic rings. The van der Waals surface area contributed by atoms with E-state index in [1.165, 1.54) is 6.26 Å². The Balaban J connectivity index is 1.50. The molecule has 2 aliphatic heterocycles. The van der Waals surface area contributed by atoms with Gasteiger partial charge < -0.3 is 31.0 Å². The minimum absolute atomic E-state index is 0.0270. The number of carbonyl (C=O) groups excluding carboxylic acids is 5. The fraction of sp³-hybridized carbons (Fsp3) is 0.462. The van der Waals surface area contributed by atoms with Gasteiger partial charge in [-0.25, -0.2) is 4.98 Å². The van der Waals surface area contributed by atoms with Gasteiger partial charge in [-0.2, -0.15) is 0 Å². The van der Waals surface area contributed by atoms with Gasteiger partial charge in [0.05, 0.1) is 0 Å². The largest absolute Gasteiger partial charge is 0.446 e. The molecule has 5 amide bonds. The number of fused-ring (bicyclic) bond motifs is 2. The molecule has 1 aromatic heterocycles. The maximum absolute atomic E-state index is 13.1. The predicted octanol–water partition coefficient (Wildman–Crippen LogP) is 0.256. The quantitative estimate of drug-likeness (QED) is 0.382. The van der Waals surface area contributed by atoms with Crippen molar-refractivity contribution in [3.05, 3.63) is 53.7 Å². The van der Waals surface area contributed by atoms with Crippen molar-refractivity contribution < 1.29 is 28.4 Å². The highest BCUT2D eigenvalue weighted by Crippen LogP contribution is 2.15. The van der Waals surface area contributed by atoms with Gasteiger partial charge in [0, 0.05) is 19.4 Å². The van der Waals surface area contributed by atoms with Gasteiger partial charge in [0.1, 0.15) is 30.4 Å². The van der Waals surface area contributed by atoms with Crippen LogP contribution < -0.4 is 26.6 Å². The molecule has 12 nitrogen and oxygen atoms in total. The highest BCUT2D eigenvalue weighted by molar-refractivity contribution is 5.96. The average molecular weight is 525 g/mol. The summed E-state index contributed by atoms with van der Waals surface area (Å²) in [7, 11) is 0. The van der Waals surface area contributed by atoms with Crippen LogP contribution in [0.15, 0.2) is 41.0 Å². The van der Waals surface area contributed by atoms with E-state index >= 15 is 0 Å². The summed E-state index contributed by atoms with van der Waals surface area (Å²) in [6, 6.07) is 6.29. The van der Waals surface area contributed by atoms with Crippen LogP contribution in [0.2, 0.25) is 0 Å². The molecule has 2 bridgehead atoms. The smallest absolute Gasteiger partial charge is 0.273 e. The number of aromatic nitrogens is 1. The molecule has 5 N–H and O–H groups in total. The molecular weight excluding hydrogens is 492 g/mol. The topological polar surface area (TPSA) is 172 Å². The molecule has 1 fully saturated rings. The Labute approximate surface area is 219 Å². The number of rotatable bonds is 4. The molecule has 4 rings (SSSR count). The van der Waals surface area contributed by atoms with Crippen molar-refractivity contribution in [2.45, 2.75) is 69.6 Å². The van der Waals surface area contributed by atoms with Crippen LogP contribution in [0.1, 0.15) is 67.0 Å². The zero-order valence-corrected chi connectivity index (χ0v) is 21.1. The summed E-state index contributed by atoms with van der Waals surface area (Å²) in [5.74, 6) is -1.89. The number of benzene rings is 1. The van der Waals surface area contributed by atoms with Crippen molar-refractivity contribution in [2.24, 2.45) is 0 Å². The second-order valence-electron chi connectivity index (χ2n) is 9.52. The Bertz CT molecular complexity index is 1180. The molecule has 0 spiro atoms. The summed E-state index contributed by atoms with van der Waals surface area (Å²) in [6.07, 6.45) is 3.49. The van der Waals surface area contributed by atoms with Crippen LogP contribution in [-0.4, -0.2) is 59.2 Å². The first-order valence-electron chi connectivity index (χ1n) is 12.8. The van der Waals surface area contributed by atoms with Crippen LogP contribution in [0.25, 0.3) is 0 Å². The van der Waals surface area contributed by atoms with Crippen LogP contribution in [0.3, 0.4) is 0 Å². The normalized spacial score (nSPS) is 25.1. The van der Waals surface area contributed by atoms with Crippen LogP contribution in [0.4, 0.5) is 0 Å². The molecule has 0 saturated carbocycles. The Morgan fingerprint density at radius 3 is 2.55 bits per heavy atom. The minimum Gasteiger partial charge on any atom is -0.446 e. The van der Waals surface area contributed by atoms with E-state index in [4.69, 9.17) is 4.42 Å². The van der Waals surface area contributed by atoms with Gasteiger partial charge >= 0.3 is 0 Å². The zero-order chi connectivity index (χ0) is 27.1. The number of hydrogen-bond donors (Lipinski definition) is 5. The number of oxazole rings is 1. The fourth-order valence-electron chi connectivity index (χ4n) is 4.42. The van der Waals surface area contributed by atoms with Crippen LogP contribution in [0, 0.1) is 0 Å². The molecule has 38 heavy (non-hydrogen) atoms. The molecule has 2 aliphatic rings. The summed E-state index contributed by atoms with van der Waals surface area (Å²) in [6.45, 7) is 1.97. The summed E-state index contributed by atoms with van der Waals surface area (Å²) in [5, 5.41) is 13.7. The number of carbonyl (C=O) groups is 5. The van der Waals surface area contributed by atoms with Gasteiger partial charge in [0.25, 0.3) is 5.91 Å². The Morgan fingerprint density at radius 1 is 1.03 bits per heavy atom. The van der Waals surface area contributed by atoms with E-state index in [0.717, 1.165) is 5.56 Å². The second kappa shape index (κ2) is 12.3. The van der Waals surface area contributed by atoms with E-state index in [-0.39, 0.29) is 29.8 Å². The fourth-order valence-corrected chi connectivity index (χ4v) is 4.42. The van der Waals surface area contributed by atoms with Crippen molar-refractivity contribution >= 4 is 29.5 Å². The monoisotopic (exact) mass is 524 g/mol. The number of nitrogens with zero attached hydrogens (tertiary/aromatic N) is 1. The van der Waals surface area contributed by atoms with Crippen molar-refractivity contribution in [1.82, 2.24) is 31.6 Å².